The van der Waals surface area contributed by atoms with Crippen LogP contribution < -0.4 is 21.3 Å². The molecule has 6 amide bonds. The van der Waals surface area contributed by atoms with Gasteiger partial charge in [-0.3, -0.25) is 20.2 Å². The van der Waals surface area contributed by atoms with Crippen LogP contribution in [0.25, 0.3) is 0 Å². The molecule has 8 heteroatoms. The van der Waals surface area contributed by atoms with Crippen LogP contribution in [-0.2, 0) is 9.59 Å². The van der Waals surface area contributed by atoms with Gasteiger partial charge in [-0.05, 0) is 12.8 Å². The van der Waals surface area contributed by atoms with Crippen molar-refractivity contribution in [2.24, 2.45) is 0 Å². The fourth-order valence-corrected chi connectivity index (χ4v) is 1.48. The number of unbranched alkanes of at least 4 members (excludes halogenated alkanes) is 2. The molecular formula is C15H20N4O4. The Labute approximate surface area is 135 Å². The van der Waals surface area contributed by atoms with E-state index in [9.17, 15) is 19.2 Å². The molecule has 0 aromatic rings. The maximum Gasteiger partial charge on any atom is 0.322 e. The molecule has 0 aliphatic carbocycles. The van der Waals surface area contributed by atoms with E-state index < -0.39 is 23.9 Å². The molecule has 0 rings (SSSR count). The van der Waals surface area contributed by atoms with Crippen molar-refractivity contribution in [2.45, 2.75) is 32.1 Å². The van der Waals surface area contributed by atoms with Crippen molar-refractivity contribution >= 4 is 23.9 Å². The van der Waals surface area contributed by atoms with E-state index in [-0.39, 0.29) is 25.9 Å². The van der Waals surface area contributed by atoms with Crippen LogP contribution >= 0.6 is 0 Å². The first-order valence-corrected chi connectivity index (χ1v) is 7.02. The SMILES string of the molecule is C#CCNC(=O)NC(=O)CCCCCC(=O)NC(=O)NCC#C. The molecule has 0 saturated carbocycles. The Morgan fingerprint density at radius 2 is 1.09 bits per heavy atom. The van der Waals surface area contributed by atoms with Crippen molar-refractivity contribution in [3.8, 4) is 24.7 Å². The van der Waals surface area contributed by atoms with Crippen LogP contribution in [0.1, 0.15) is 32.1 Å². The van der Waals surface area contributed by atoms with Crippen molar-refractivity contribution in [2.75, 3.05) is 13.1 Å². The standard InChI is InChI=1S/C15H20N4O4/c1-3-10-16-14(22)18-12(20)8-6-5-7-9-13(21)19-15(23)17-11-4-2/h1-2H,5-11H2,(H2,16,18,20,22)(H2,17,19,21,23). The first kappa shape index (κ1) is 20.0. The van der Waals surface area contributed by atoms with Gasteiger partial charge in [0.2, 0.25) is 11.8 Å². The van der Waals surface area contributed by atoms with Crippen molar-refractivity contribution in [1.82, 2.24) is 21.3 Å². The molecule has 0 unspecified atom stereocenters. The zero-order chi connectivity index (χ0) is 17.5. The molecule has 0 radical (unpaired) electrons. The summed E-state index contributed by atoms with van der Waals surface area (Å²) in [5, 5.41) is 8.86. The maximum absolute atomic E-state index is 11.4. The summed E-state index contributed by atoms with van der Waals surface area (Å²) in [5.74, 6) is 3.58. The topological polar surface area (TPSA) is 116 Å². The van der Waals surface area contributed by atoms with Gasteiger partial charge in [-0.1, -0.05) is 18.3 Å². The Hall–Kier alpha value is -3.00. The van der Waals surface area contributed by atoms with E-state index >= 15 is 0 Å². The van der Waals surface area contributed by atoms with Gasteiger partial charge in [0.1, 0.15) is 0 Å². The number of carbonyl (C=O) groups is 4. The van der Waals surface area contributed by atoms with Gasteiger partial charge in [-0.15, -0.1) is 12.8 Å². The normalized spacial score (nSPS) is 8.96. The van der Waals surface area contributed by atoms with Gasteiger partial charge in [0, 0.05) is 12.8 Å². The lowest BCUT2D eigenvalue weighted by atomic mass is 10.1. The van der Waals surface area contributed by atoms with Crippen LogP contribution in [0.5, 0.6) is 0 Å². The molecule has 23 heavy (non-hydrogen) atoms. The van der Waals surface area contributed by atoms with E-state index in [1.165, 1.54) is 0 Å². The first-order valence-electron chi connectivity index (χ1n) is 7.02. The highest BCUT2D eigenvalue weighted by Gasteiger charge is 2.08. The second kappa shape index (κ2) is 12.7. The van der Waals surface area contributed by atoms with Gasteiger partial charge < -0.3 is 10.6 Å². The Morgan fingerprint density at radius 1 is 0.696 bits per heavy atom. The van der Waals surface area contributed by atoms with Gasteiger partial charge in [-0.2, -0.15) is 0 Å². The van der Waals surface area contributed by atoms with E-state index in [4.69, 9.17) is 12.8 Å². The van der Waals surface area contributed by atoms with Crippen LogP contribution in [0.2, 0.25) is 0 Å². The first-order chi connectivity index (χ1) is 11.0. The predicted octanol–water partition coefficient (Wildman–Crippen LogP) is -0.145. The van der Waals surface area contributed by atoms with Crippen LogP contribution in [0.15, 0.2) is 0 Å². The highest BCUT2D eigenvalue weighted by molar-refractivity contribution is 5.94. The van der Waals surface area contributed by atoms with E-state index in [2.05, 4.69) is 33.1 Å². The van der Waals surface area contributed by atoms with Gasteiger partial charge in [0.25, 0.3) is 0 Å². The summed E-state index contributed by atoms with van der Waals surface area (Å²) in [7, 11) is 0. The smallest absolute Gasteiger partial charge is 0.322 e. The zero-order valence-corrected chi connectivity index (χ0v) is 12.7. The molecule has 0 aliphatic rings. The summed E-state index contributed by atoms with van der Waals surface area (Å²) >= 11 is 0. The molecule has 0 aromatic heterocycles. The average molecular weight is 320 g/mol. The minimum atomic E-state index is -0.634. The van der Waals surface area contributed by atoms with Gasteiger partial charge >= 0.3 is 12.1 Å². The highest BCUT2D eigenvalue weighted by atomic mass is 16.2. The summed E-state index contributed by atoms with van der Waals surface area (Å²) in [6.45, 7) is 0.0896. The summed E-state index contributed by atoms with van der Waals surface area (Å²) in [4.78, 5) is 45.0. The number of terminal acetylenes is 2. The number of hydrogen-bond donors (Lipinski definition) is 4. The lowest BCUT2D eigenvalue weighted by Crippen LogP contribution is -2.39. The van der Waals surface area contributed by atoms with Crippen molar-refractivity contribution in [1.29, 1.82) is 0 Å². The van der Waals surface area contributed by atoms with Crippen molar-refractivity contribution in [3.63, 3.8) is 0 Å². The molecule has 0 aliphatic heterocycles. The van der Waals surface area contributed by atoms with Crippen molar-refractivity contribution in [3.05, 3.63) is 0 Å². The lowest BCUT2D eigenvalue weighted by molar-refractivity contribution is -0.120. The minimum absolute atomic E-state index is 0.0448. The average Bonchev–Trinajstić information content (AvgIpc) is 2.50. The molecule has 0 fully saturated rings. The zero-order valence-electron chi connectivity index (χ0n) is 12.7. The number of amides is 6. The number of rotatable bonds is 8. The van der Waals surface area contributed by atoms with Crippen molar-refractivity contribution < 1.29 is 19.2 Å². The van der Waals surface area contributed by atoms with Gasteiger partial charge in [0.05, 0.1) is 13.1 Å². The highest BCUT2D eigenvalue weighted by Crippen LogP contribution is 2.03. The molecule has 0 atom stereocenters. The third-order valence-corrected chi connectivity index (χ3v) is 2.52. The van der Waals surface area contributed by atoms with Crippen LogP contribution in [0, 0.1) is 24.7 Å². The summed E-state index contributed by atoms with van der Waals surface area (Å²) in [6.07, 6.45) is 11.9. The van der Waals surface area contributed by atoms with E-state index in [1.54, 1.807) is 0 Å². The molecule has 0 saturated heterocycles. The number of urea groups is 2. The second-order valence-electron chi connectivity index (χ2n) is 4.43. The van der Waals surface area contributed by atoms with Crippen LogP contribution in [0.4, 0.5) is 9.59 Å². The van der Waals surface area contributed by atoms with Crippen LogP contribution in [0.3, 0.4) is 0 Å². The molecule has 8 nitrogen and oxygen atoms in total. The van der Waals surface area contributed by atoms with E-state index in [0.29, 0.717) is 19.3 Å². The third kappa shape index (κ3) is 12.5. The maximum atomic E-state index is 11.4. The number of hydrogen-bond acceptors (Lipinski definition) is 4. The molecule has 0 aromatic carbocycles. The monoisotopic (exact) mass is 320 g/mol. The molecular weight excluding hydrogens is 300 g/mol. The quantitative estimate of drug-likeness (QED) is 0.368. The molecule has 4 N–H and O–H groups in total. The third-order valence-electron chi connectivity index (χ3n) is 2.52. The fraction of sp³-hybridized carbons (Fsp3) is 0.467. The Morgan fingerprint density at radius 3 is 1.43 bits per heavy atom. The fourth-order valence-electron chi connectivity index (χ4n) is 1.48. The predicted molar refractivity (Wildman–Crippen MR) is 83.8 cm³/mol. The molecule has 0 spiro atoms. The van der Waals surface area contributed by atoms with Crippen LogP contribution in [-0.4, -0.2) is 37.0 Å². The number of imide groups is 2. The number of carbonyl (C=O) groups excluding carboxylic acids is 4. The second-order valence-corrected chi connectivity index (χ2v) is 4.43. The summed E-state index contributed by atoms with van der Waals surface area (Å²) < 4.78 is 0. The van der Waals surface area contributed by atoms with Gasteiger partial charge in [-0.25, -0.2) is 9.59 Å². The molecule has 124 valence electrons. The summed E-state index contributed by atoms with van der Waals surface area (Å²) in [6, 6.07) is -1.27. The Bertz CT molecular complexity index is 471. The minimum Gasteiger partial charge on any atom is -0.327 e. The lowest BCUT2D eigenvalue weighted by Gasteiger charge is -2.05. The largest absolute Gasteiger partial charge is 0.327 e. The Balaban J connectivity index is 3.65. The van der Waals surface area contributed by atoms with E-state index in [0.717, 1.165) is 0 Å². The van der Waals surface area contributed by atoms with E-state index in [1.807, 2.05) is 0 Å². The molecule has 0 bridgehead atoms. The van der Waals surface area contributed by atoms with Gasteiger partial charge in [0.15, 0.2) is 0 Å². The number of nitrogens with one attached hydrogen (secondary N) is 4. The Kier molecular flexibility index (Phi) is 11.1. The summed E-state index contributed by atoms with van der Waals surface area (Å²) in [5.41, 5.74) is 0. The molecule has 0 heterocycles.